The van der Waals surface area contributed by atoms with Gasteiger partial charge in [0.2, 0.25) is 29.5 Å². The summed E-state index contributed by atoms with van der Waals surface area (Å²) in [5.74, 6) is -6.07. The summed E-state index contributed by atoms with van der Waals surface area (Å²) in [5, 5.41) is 30.9. The molecular formula is C40H49N11O12S. The number of rotatable bonds is 18. The van der Waals surface area contributed by atoms with Crippen LogP contribution in [0.2, 0.25) is 0 Å². The first-order valence-corrected chi connectivity index (χ1v) is 21.3. The Morgan fingerprint density at radius 3 is 2.06 bits per heavy atom. The van der Waals surface area contributed by atoms with Crippen molar-refractivity contribution in [3.05, 3.63) is 89.6 Å². The topological polar surface area (TPSA) is 359 Å². The molecule has 24 heteroatoms. The van der Waals surface area contributed by atoms with E-state index in [1.807, 2.05) is 0 Å². The first kappa shape index (κ1) is 49.2. The van der Waals surface area contributed by atoms with Crippen LogP contribution in [0.3, 0.4) is 0 Å². The minimum absolute atomic E-state index is 0.0180. The number of carbonyl (C=O) groups excluding carboxylic acids is 7. The number of anilines is 1. The molecule has 1 saturated heterocycles. The van der Waals surface area contributed by atoms with Gasteiger partial charge in [-0.3, -0.25) is 43.5 Å². The van der Waals surface area contributed by atoms with Gasteiger partial charge in [-0.25, -0.2) is 9.78 Å². The van der Waals surface area contributed by atoms with Crippen LogP contribution in [-0.4, -0.2) is 121 Å². The van der Waals surface area contributed by atoms with Crippen LogP contribution in [0.25, 0.3) is 0 Å². The molecule has 2 heterocycles. The summed E-state index contributed by atoms with van der Waals surface area (Å²) in [6, 6.07) is 10.7. The van der Waals surface area contributed by atoms with Gasteiger partial charge in [0, 0.05) is 31.3 Å². The third-order valence-electron chi connectivity index (χ3n) is 9.41. The lowest BCUT2D eigenvalue weighted by Gasteiger charge is -2.26. The van der Waals surface area contributed by atoms with Crippen molar-refractivity contribution in [3.63, 3.8) is 0 Å². The summed E-state index contributed by atoms with van der Waals surface area (Å²) >= 11 is 0. The number of carboxylic acids is 1. The van der Waals surface area contributed by atoms with Crippen LogP contribution in [-0.2, 0) is 45.3 Å². The number of aliphatic carboxylic acids is 1. The highest BCUT2D eigenvalue weighted by molar-refractivity contribution is 7.86. The van der Waals surface area contributed by atoms with E-state index in [2.05, 4.69) is 52.7 Å². The average molecular weight is 908 g/mol. The minimum atomic E-state index is -4.48. The lowest BCUT2D eigenvalue weighted by atomic mass is 10.0. The Morgan fingerprint density at radius 2 is 1.39 bits per heavy atom. The summed E-state index contributed by atoms with van der Waals surface area (Å²) in [5.41, 5.74) is 8.65. The van der Waals surface area contributed by atoms with Crippen molar-refractivity contribution in [3.8, 4) is 0 Å². The molecule has 2 aromatic carbocycles. The van der Waals surface area contributed by atoms with Gasteiger partial charge in [-0.15, -0.1) is 0 Å². The summed E-state index contributed by atoms with van der Waals surface area (Å²) in [4.78, 5) is 107. The molecule has 1 aliphatic rings. The van der Waals surface area contributed by atoms with E-state index in [0.717, 1.165) is 0 Å². The number of hydrogen-bond acceptors (Lipinski definition) is 13. The summed E-state index contributed by atoms with van der Waals surface area (Å²) < 4.78 is 32.6. The largest absolute Gasteiger partial charge is 0.481 e. The predicted octanol–water partition coefficient (Wildman–Crippen LogP) is -1.09. The molecule has 342 valence electrons. The highest BCUT2D eigenvalue weighted by Crippen LogP contribution is 2.14. The zero-order valence-corrected chi connectivity index (χ0v) is 35.1. The maximum atomic E-state index is 14.0. The monoisotopic (exact) mass is 907 g/mol. The number of nitrogens with zero attached hydrogens (tertiary/aromatic N) is 2. The molecule has 3 aromatic rings. The molecule has 0 bridgehead atoms. The Labute approximate surface area is 366 Å². The maximum absolute atomic E-state index is 14.0. The van der Waals surface area contributed by atoms with E-state index in [9.17, 15) is 56.4 Å². The lowest BCUT2D eigenvalue weighted by molar-refractivity contribution is -0.141. The molecule has 64 heavy (non-hydrogen) atoms. The fourth-order valence-corrected chi connectivity index (χ4v) is 6.88. The maximum Gasteiger partial charge on any atom is 0.312 e. The second-order valence-corrected chi connectivity index (χ2v) is 15.7. The molecule has 4 atom stereocenters. The third kappa shape index (κ3) is 16.4. The molecule has 1 fully saturated rings. The molecule has 0 aliphatic carbocycles. The molecule has 12 N–H and O–H groups in total. The van der Waals surface area contributed by atoms with Crippen molar-refractivity contribution in [2.45, 2.75) is 74.0 Å². The number of hydrogen-bond donors (Lipinski definition) is 11. The van der Waals surface area contributed by atoms with Crippen molar-refractivity contribution in [2.24, 2.45) is 10.8 Å². The lowest BCUT2D eigenvalue weighted by Crippen LogP contribution is -2.58. The highest BCUT2D eigenvalue weighted by Gasteiger charge is 2.33. The van der Waals surface area contributed by atoms with Crippen molar-refractivity contribution in [1.82, 2.24) is 42.2 Å². The van der Waals surface area contributed by atoms with Crippen molar-refractivity contribution < 1.29 is 56.4 Å². The smallest absolute Gasteiger partial charge is 0.312 e. The van der Waals surface area contributed by atoms with Crippen molar-refractivity contribution >= 4 is 69.6 Å². The van der Waals surface area contributed by atoms with E-state index in [1.54, 1.807) is 36.4 Å². The van der Waals surface area contributed by atoms with Crippen LogP contribution in [0.1, 0.15) is 60.0 Å². The molecule has 0 unspecified atom stereocenters. The predicted molar refractivity (Wildman–Crippen MR) is 228 cm³/mol. The number of pyridine rings is 1. The van der Waals surface area contributed by atoms with Gasteiger partial charge in [0.15, 0.2) is 0 Å². The Bertz CT molecular complexity index is 2300. The van der Waals surface area contributed by atoms with Gasteiger partial charge in [-0.1, -0.05) is 48.5 Å². The summed E-state index contributed by atoms with van der Waals surface area (Å²) in [6.07, 6.45) is 2.13. The Balaban J connectivity index is 1.46. The fourth-order valence-electron chi connectivity index (χ4n) is 6.21. The number of nitrogens with one attached hydrogen (secondary N) is 8. The second kappa shape index (κ2) is 24.2. The summed E-state index contributed by atoms with van der Waals surface area (Å²) in [7, 11) is -4.48. The molecule has 1 aromatic heterocycles. The number of benzene rings is 2. The number of amides is 8. The Kier molecular flexibility index (Phi) is 18.6. The minimum Gasteiger partial charge on any atom is -0.481 e. The van der Waals surface area contributed by atoms with E-state index in [4.69, 9.17) is 5.73 Å². The Hall–Kier alpha value is -7.47. The van der Waals surface area contributed by atoms with Crippen LogP contribution < -0.4 is 48.4 Å². The van der Waals surface area contributed by atoms with Gasteiger partial charge in [0.1, 0.15) is 34.9 Å². The average Bonchev–Trinajstić information content (AvgIpc) is 3.25. The van der Waals surface area contributed by atoms with E-state index in [-0.39, 0.29) is 67.0 Å². The van der Waals surface area contributed by atoms with E-state index < -0.39 is 94.7 Å². The fraction of sp³-hybridized carbons (Fsp3) is 0.350. The second-order valence-electron chi connectivity index (χ2n) is 14.3. The van der Waals surface area contributed by atoms with E-state index in [1.165, 1.54) is 42.7 Å². The number of aromatic nitrogens is 1. The van der Waals surface area contributed by atoms with Crippen LogP contribution in [0.5, 0.6) is 0 Å². The first-order valence-electron chi connectivity index (χ1n) is 19.9. The molecule has 23 nitrogen and oxygen atoms in total. The van der Waals surface area contributed by atoms with Gasteiger partial charge < -0.3 is 48.1 Å². The van der Waals surface area contributed by atoms with Gasteiger partial charge in [-0.2, -0.15) is 13.5 Å². The number of carboxylic acid groups (broad SMARTS) is 1. The number of primary amides is 1. The van der Waals surface area contributed by atoms with Gasteiger partial charge in [0.25, 0.3) is 16.0 Å². The molecule has 8 amide bonds. The van der Waals surface area contributed by atoms with Crippen molar-refractivity contribution in [2.75, 3.05) is 25.1 Å². The van der Waals surface area contributed by atoms with Gasteiger partial charge >= 0.3 is 12.0 Å². The number of carbonyl (C=O) groups is 8. The highest BCUT2D eigenvalue weighted by atomic mass is 32.2. The molecule has 0 spiro atoms. The summed E-state index contributed by atoms with van der Waals surface area (Å²) in [6.45, 7) is -0.539. The molecular weight excluding hydrogens is 859 g/mol. The van der Waals surface area contributed by atoms with Gasteiger partial charge in [-0.05, 0) is 55.9 Å². The molecule has 4 rings (SSSR count). The number of hydrazone groups is 1. The Morgan fingerprint density at radius 1 is 0.766 bits per heavy atom. The normalized spacial score (nSPS) is 18.8. The van der Waals surface area contributed by atoms with E-state index in [0.29, 0.717) is 12.0 Å². The first-order chi connectivity index (χ1) is 30.5. The number of urea groups is 1. The zero-order chi connectivity index (χ0) is 46.6. The standard InChI is InChI=1S/C40H49N11O12S/c41-40(60)43-18-8-13-27-36(56)45-23-33(52)47-30(20-34(53)54)39(59)50-29(19-24-9-2-1-3-10-24)38(58)49-28(37(57)48-27)12-6-7-17-42-35(55)26-15-16-32(44-21-26)51-46-22-25-11-4-5-14-31(25)64(61,62)63/h1-5,9-11,14-16,21-22,27-30H,6-8,12-13,17-20,23H2,(H,42,55)(H,44,51)(H,45,56)(H,47,52)(H,48,57)(H,49,58)(H,50,59)(H,53,54)(H3,41,43,60)(H,61,62,63)/t27-,28-,29+,30-/m0/s1. The quantitative estimate of drug-likeness (QED) is 0.0313. The van der Waals surface area contributed by atoms with Crippen LogP contribution in [0.15, 0.2) is 82.9 Å². The van der Waals surface area contributed by atoms with Crippen LogP contribution in [0.4, 0.5) is 10.6 Å². The molecule has 0 saturated carbocycles. The third-order valence-corrected chi connectivity index (χ3v) is 10.3. The zero-order valence-electron chi connectivity index (χ0n) is 34.2. The van der Waals surface area contributed by atoms with Crippen molar-refractivity contribution in [1.29, 1.82) is 0 Å². The van der Waals surface area contributed by atoms with E-state index >= 15 is 0 Å². The van der Waals surface area contributed by atoms with Gasteiger partial charge in [0.05, 0.1) is 24.7 Å². The molecule has 0 radical (unpaired) electrons. The SMILES string of the molecule is NC(=O)NCCC[C@@H]1NC(=O)[C@H](CCCCNC(=O)c2ccc(NN=Cc3ccccc3S(=O)(=O)O)nc2)NC(=O)[C@@H](Cc2ccccc2)NC(=O)[C@H](CC(=O)O)NC(=O)CNC1=O. The van der Waals surface area contributed by atoms with Crippen LogP contribution >= 0.6 is 0 Å². The number of unbranched alkanes of at least 4 members (excludes halogenated alkanes) is 1. The molecule has 1 aliphatic heterocycles. The van der Waals surface area contributed by atoms with Crippen LogP contribution in [0, 0.1) is 0 Å². The number of nitrogens with two attached hydrogens (primary N) is 1.